The summed E-state index contributed by atoms with van der Waals surface area (Å²) in [4.78, 5) is 0. The van der Waals surface area contributed by atoms with Crippen LogP contribution >= 0.6 is 0 Å². The van der Waals surface area contributed by atoms with Crippen LogP contribution in [-0.2, 0) is 6.42 Å². The third-order valence-electron chi connectivity index (χ3n) is 4.75. The summed E-state index contributed by atoms with van der Waals surface area (Å²) in [5.74, 6) is 1.82. The Morgan fingerprint density at radius 3 is 2.11 bits per heavy atom. The molecule has 0 unspecified atom stereocenters. The van der Waals surface area contributed by atoms with Crippen LogP contribution in [0.5, 0.6) is 11.5 Å². The Labute approximate surface area is 162 Å². The molecule has 0 atom stereocenters. The Balaban J connectivity index is 2.44. The van der Waals surface area contributed by atoms with Gasteiger partial charge >= 0.3 is 0 Å². The van der Waals surface area contributed by atoms with Crippen molar-refractivity contribution in [3.05, 3.63) is 65.7 Å². The van der Waals surface area contributed by atoms with Gasteiger partial charge in [-0.1, -0.05) is 55.5 Å². The molecule has 140 valence electrons. The first-order chi connectivity index (χ1) is 13.2. The molecule has 27 heavy (non-hydrogen) atoms. The van der Waals surface area contributed by atoms with Crippen LogP contribution < -0.4 is 9.47 Å². The van der Waals surface area contributed by atoms with E-state index in [1.807, 2.05) is 13.8 Å². The highest BCUT2D eigenvalue weighted by atomic mass is 16.5. The summed E-state index contributed by atoms with van der Waals surface area (Å²) >= 11 is 0. The van der Waals surface area contributed by atoms with Crippen LogP contribution in [0.1, 0.15) is 38.8 Å². The monoisotopic (exact) mass is 360 g/mol. The largest absolute Gasteiger partial charge is 0.493 e. The topological polar surface area (TPSA) is 18.5 Å². The van der Waals surface area contributed by atoms with Crippen LogP contribution in [0, 0.1) is 0 Å². The fourth-order valence-electron chi connectivity index (χ4n) is 3.69. The Morgan fingerprint density at radius 1 is 0.778 bits per heavy atom. The van der Waals surface area contributed by atoms with Crippen molar-refractivity contribution < 1.29 is 9.47 Å². The van der Waals surface area contributed by atoms with Gasteiger partial charge in [-0.15, -0.1) is 0 Å². The number of allylic oxidation sites excluding steroid dienone is 1. The SMILES string of the molecule is C/C=C\c1ccc(OCC)c(-c2c(OCC)ccc3ccccc23)c1CC. The second-order valence-electron chi connectivity index (χ2n) is 6.39. The van der Waals surface area contributed by atoms with Crippen molar-refractivity contribution >= 4 is 16.8 Å². The van der Waals surface area contributed by atoms with Crippen molar-refractivity contribution in [3.63, 3.8) is 0 Å². The molecule has 3 aromatic carbocycles. The second-order valence-corrected chi connectivity index (χ2v) is 6.39. The second kappa shape index (κ2) is 8.77. The van der Waals surface area contributed by atoms with E-state index in [9.17, 15) is 0 Å². The number of hydrogen-bond donors (Lipinski definition) is 0. The van der Waals surface area contributed by atoms with Gasteiger partial charge in [0.05, 0.1) is 13.2 Å². The van der Waals surface area contributed by atoms with E-state index in [1.165, 1.54) is 21.9 Å². The molecule has 0 bridgehead atoms. The smallest absolute Gasteiger partial charge is 0.127 e. The minimum Gasteiger partial charge on any atom is -0.493 e. The Hall–Kier alpha value is -2.74. The molecule has 0 spiro atoms. The molecule has 0 N–H and O–H groups in total. The summed E-state index contributed by atoms with van der Waals surface area (Å²) in [6, 6.07) is 16.9. The molecular weight excluding hydrogens is 332 g/mol. The lowest BCUT2D eigenvalue weighted by Crippen LogP contribution is -2.02. The molecule has 0 amide bonds. The minimum atomic E-state index is 0.630. The highest BCUT2D eigenvalue weighted by Gasteiger charge is 2.20. The van der Waals surface area contributed by atoms with E-state index in [1.54, 1.807) is 0 Å². The van der Waals surface area contributed by atoms with Crippen LogP contribution in [-0.4, -0.2) is 13.2 Å². The molecule has 0 aliphatic heterocycles. The lowest BCUT2D eigenvalue weighted by Gasteiger charge is -2.21. The number of fused-ring (bicyclic) bond motifs is 1. The van der Waals surface area contributed by atoms with E-state index < -0.39 is 0 Å². The first kappa shape index (κ1) is 19.0. The summed E-state index contributed by atoms with van der Waals surface area (Å²) in [5.41, 5.74) is 4.79. The molecule has 0 radical (unpaired) electrons. The molecule has 0 aromatic heterocycles. The van der Waals surface area contributed by atoms with Crippen LogP contribution in [0.25, 0.3) is 28.0 Å². The third kappa shape index (κ3) is 3.71. The highest BCUT2D eigenvalue weighted by molar-refractivity contribution is 6.02. The lowest BCUT2D eigenvalue weighted by atomic mass is 9.89. The van der Waals surface area contributed by atoms with Gasteiger partial charge in [-0.05, 0) is 61.2 Å². The van der Waals surface area contributed by atoms with E-state index in [4.69, 9.17) is 9.47 Å². The van der Waals surface area contributed by atoms with Crippen molar-refractivity contribution in [2.75, 3.05) is 13.2 Å². The maximum atomic E-state index is 6.07. The molecule has 0 aliphatic carbocycles. The molecule has 0 fully saturated rings. The van der Waals surface area contributed by atoms with Gasteiger partial charge in [0, 0.05) is 11.1 Å². The molecular formula is C25H28O2. The molecule has 0 aliphatic rings. The number of hydrogen-bond acceptors (Lipinski definition) is 2. The van der Waals surface area contributed by atoms with Crippen molar-refractivity contribution in [2.45, 2.75) is 34.1 Å². The summed E-state index contributed by atoms with van der Waals surface area (Å²) in [5, 5.41) is 2.40. The Bertz CT molecular complexity index is 954. The van der Waals surface area contributed by atoms with Gasteiger partial charge < -0.3 is 9.47 Å². The lowest BCUT2D eigenvalue weighted by molar-refractivity contribution is 0.336. The van der Waals surface area contributed by atoms with Crippen LogP contribution in [0.3, 0.4) is 0 Å². The van der Waals surface area contributed by atoms with Gasteiger partial charge in [0.1, 0.15) is 11.5 Å². The molecule has 0 heterocycles. The van der Waals surface area contributed by atoms with E-state index in [0.717, 1.165) is 29.0 Å². The first-order valence-corrected chi connectivity index (χ1v) is 9.81. The minimum absolute atomic E-state index is 0.630. The summed E-state index contributed by atoms with van der Waals surface area (Å²) in [6.07, 6.45) is 5.18. The molecule has 2 nitrogen and oxygen atoms in total. The number of ether oxygens (including phenoxy) is 2. The zero-order valence-corrected chi connectivity index (χ0v) is 16.7. The Morgan fingerprint density at radius 2 is 1.44 bits per heavy atom. The molecule has 3 rings (SSSR count). The van der Waals surface area contributed by atoms with Gasteiger partial charge in [-0.25, -0.2) is 0 Å². The highest BCUT2D eigenvalue weighted by Crippen LogP contribution is 2.45. The average molecular weight is 360 g/mol. The van der Waals surface area contributed by atoms with Gasteiger partial charge in [0.15, 0.2) is 0 Å². The maximum Gasteiger partial charge on any atom is 0.127 e. The van der Waals surface area contributed by atoms with Crippen molar-refractivity contribution in [2.24, 2.45) is 0 Å². The zero-order chi connectivity index (χ0) is 19.2. The van der Waals surface area contributed by atoms with E-state index in [2.05, 4.69) is 74.5 Å². The maximum absolute atomic E-state index is 6.07. The van der Waals surface area contributed by atoms with Crippen LogP contribution in [0.15, 0.2) is 54.6 Å². The number of benzene rings is 3. The normalized spacial score (nSPS) is 11.3. The fourth-order valence-corrected chi connectivity index (χ4v) is 3.69. The Kier molecular flexibility index (Phi) is 6.18. The van der Waals surface area contributed by atoms with E-state index in [0.29, 0.717) is 13.2 Å². The van der Waals surface area contributed by atoms with Crippen molar-refractivity contribution in [3.8, 4) is 22.6 Å². The van der Waals surface area contributed by atoms with Gasteiger partial charge in [0.25, 0.3) is 0 Å². The van der Waals surface area contributed by atoms with E-state index >= 15 is 0 Å². The zero-order valence-electron chi connectivity index (χ0n) is 16.7. The first-order valence-electron chi connectivity index (χ1n) is 9.81. The summed E-state index contributed by atoms with van der Waals surface area (Å²) in [7, 11) is 0. The molecule has 0 saturated carbocycles. The number of rotatable bonds is 7. The molecule has 0 saturated heterocycles. The third-order valence-corrected chi connectivity index (χ3v) is 4.75. The predicted octanol–water partition coefficient (Wildman–Crippen LogP) is 6.90. The summed E-state index contributed by atoms with van der Waals surface area (Å²) in [6.45, 7) is 9.58. The molecule has 2 heteroatoms. The van der Waals surface area contributed by atoms with Gasteiger partial charge in [0.2, 0.25) is 0 Å². The average Bonchev–Trinajstić information content (AvgIpc) is 2.69. The van der Waals surface area contributed by atoms with Crippen molar-refractivity contribution in [1.82, 2.24) is 0 Å². The van der Waals surface area contributed by atoms with Gasteiger partial charge in [-0.2, -0.15) is 0 Å². The predicted molar refractivity (Wildman–Crippen MR) is 116 cm³/mol. The quantitative estimate of drug-likeness (QED) is 0.456. The van der Waals surface area contributed by atoms with Crippen LogP contribution in [0.2, 0.25) is 0 Å². The van der Waals surface area contributed by atoms with Crippen LogP contribution in [0.4, 0.5) is 0 Å². The molecule has 3 aromatic rings. The standard InChI is InChI=1S/C25H28O2/c1-5-11-18-14-16-22(26-7-3)24(20(18)6-2)25-21-13-10-9-12-19(21)15-17-23(25)27-8-4/h5,9-17H,6-8H2,1-4H3/b11-5-. The van der Waals surface area contributed by atoms with E-state index in [-0.39, 0.29) is 0 Å². The van der Waals surface area contributed by atoms with Gasteiger partial charge in [-0.3, -0.25) is 0 Å². The fraction of sp³-hybridized carbons (Fsp3) is 0.280. The summed E-state index contributed by atoms with van der Waals surface area (Å²) < 4.78 is 12.1. The van der Waals surface area contributed by atoms with Crippen molar-refractivity contribution in [1.29, 1.82) is 0 Å².